The number of quaternary nitrogens is 2. The van der Waals surface area contributed by atoms with Crippen LogP contribution < -0.4 is 45.6 Å². The van der Waals surface area contributed by atoms with Gasteiger partial charge in [-0.1, -0.05) is 0 Å². The molecule has 0 aliphatic heterocycles. The van der Waals surface area contributed by atoms with Crippen molar-refractivity contribution < 1.29 is 43.1 Å². The third-order valence-corrected chi connectivity index (χ3v) is 1.97. The van der Waals surface area contributed by atoms with E-state index in [-0.39, 0.29) is 34.0 Å². The molecule has 0 aliphatic carbocycles. The van der Waals surface area contributed by atoms with Gasteiger partial charge in [0, 0.05) is 0 Å². The van der Waals surface area contributed by atoms with Crippen LogP contribution in [0.25, 0.3) is 0 Å². The van der Waals surface area contributed by atoms with E-state index in [0.717, 1.165) is 13.1 Å². The maximum Gasteiger partial charge on any atom is 0.0955 e. The molecule has 0 saturated heterocycles. The molecule has 0 atom stereocenters. The molecule has 4 nitrogen and oxygen atoms in total. The molecule has 0 unspecified atom stereocenters. The topological polar surface area (TPSA) is 52.0 Å². The van der Waals surface area contributed by atoms with Crippen molar-refractivity contribution >= 4 is 0 Å². The molecule has 0 saturated carbocycles. The van der Waals surface area contributed by atoms with Crippen LogP contribution in [0.2, 0.25) is 0 Å². The first kappa shape index (κ1) is 21.1. The number of rotatable bonds is 6. The number of nitrogens with two attached hydrogens (primary N) is 2. The minimum Gasteiger partial charge on any atom is -1.00 e. The molecule has 15 heavy (non-hydrogen) atoms. The maximum atomic E-state index is 5.81. The fourth-order valence-corrected chi connectivity index (χ4v) is 1.22. The van der Waals surface area contributed by atoms with Crippen molar-refractivity contribution in [2.75, 3.05) is 41.3 Å². The van der Waals surface area contributed by atoms with Crippen molar-refractivity contribution in [2.45, 2.75) is 19.3 Å². The summed E-state index contributed by atoms with van der Waals surface area (Å²) in [5.41, 5.74) is 0. The smallest absolute Gasteiger partial charge is 0.0955 e. The van der Waals surface area contributed by atoms with Crippen LogP contribution in [0.15, 0.2) is 0 Å². The predicted molar refractivity (Wildman–Crippen MR) is 56.2 cm³/mol. The Morgan fingerprint density at radius 3 is 1.13 bits per heavy atom. The second-order valence-electron chi connectivity index (χ2n) is 5.07. The monoisotopic (exact) mass is 348 g/mol. The minimum absolute atomic E-state index is 0. The second kappa shape index (κ2) is 8.90. The van der Waals surface area contributed by atoms with Crippen molar-refractivity contribution in [3.05, 3.63) is 0 Å². The number of nitrogens with zero attached hydrogens (tertiary/aromatic N) is 2. The Morgan fingerprint density at radius 2 is 0.933 bits per heavy atom. The highest BCUT2D eigenvalue weighted by Gasteiger charge is 2.09. The SMILES string of the molecule is C[N+](C)(N)CCCCC[N+](C)(C)N.[Br-].[Br-]. The molecule has 0 aliphatic rings. The van der Waals surface area contributed by atoms with Crippen LogP contribution >= 0.6 is 0 Å². The van der Waals surface area contributed by atoms with E-state index in [2.05, 4.69) is 0 Å². The summed E-state index contributed by atoms with van der Waals surface area (Å²) in [6.07, 6.45) is 3.59. The summed E-state index contributed by atoms with van der Waals surface area (Å²) in [5.74, 6) is 11.6. The van der Waals surface area contributed by atoms with Crippen LogP contribution in [-0.2, 0) is 0 Å². The molecule has 0 spiro atoms. The maximum absolute atomic E-state index is 5.81. The van der Waals surface area contributed by atoms with Crippen LogP contribution in [0.5, 0.6) is 0 Å². The first-order valence-electron chi connectivity index (χ1n) is 4.94. The average molecular weight is 350 g/mol. The molecular formula is C9H26Br2N4. The Bertz CT molecular complexity index is 124. The molecule has 0 bridgehead atoms. The highest BCUT2D eigenvalue weighted by molar-refractivity contribution is 4.39. The molecule has 0 heterocycles. The Hall–Kier alpha value is 0.800. The second-order valence-corrected chi connectivity index (χ2v) is 5.07. The largest absolute Gasteiger partial charge is 1.00 e. The Morgan fingerprint density at radius 1 is 0.667 bits per heavy atom. The summed E-state index contributed by atoms with van der Waals surface area (Å²) < 4.78 is 1.14. The molecule has 0 rings (SSSR count). The molecule has 96 valence electrons. The van der Waals surface area contributed by atoms with E-state index in [0.29, 0.717) is 9.18 Å². The molecule has 0 aromatic carbocycles. The van der Waals surface area contributed by atoms with E-state index in [1.807, 2.05) is 28.2 Å². The summed E-state index contributed by atoms with van der Waals surface area (Å²) in [6.45, 7) is 2.08. The van der Waals surface area contributed by atoms with Gasteiger partial charge in [-0.3, -0.25) is 9.18 Å². The van der Waals surface area contributed by atoms with E-state index in [1.165, 1.54) is 19.3 Å². The molecule has 0 aromatic rings. The Kier molecular flexibility index (Phi) is 12.5. The van der Waals surface area contributed by atoms with E-state index in [4.69, 9.17) is 11.7 Å². The molecule has 4 N–H and O–H groups in total. The van der Waals surface area contributed by atoms with Gasteiger partial charge in [0.2, 0.25) is 0 Å². The highest BCUT2D eigenvalue weighted by atomic mass is 79.9. The van der Waals surface area contributed by atoms with Gasteiger partial charge in [-0.05, 0) is 19.3 Å². The highest BCUT2D eigenvalue weighted by Crippen LogP contribution is 2.01. The summed E-state index contributed by atoms with van der Waals surface area (Å²) >= 11 is 0. The Balaban J connectivity index is -0.000000720. The summed E-state index contributed by atoms with van der Waals surface area (Å²) in [4.78, 5) is 0. The number of unbranched alkanes of at least 4 members (excludes halogenated alkanes) is 2. The van der Waals surface area contributed by atoms with Gasteiger partial charge in [-0.15, -0.1) is 0 Å². The predicted octanol–water partition coefficient (Wildman–Crippen LogP) is -5.94. The van der Waals surface area contributed by atoms with Gasteiger partial charge in [0.1, 0.15) is 0 Å². The van der Waals surface area contributed by atoms with Crippen LogP contribution in [0, 0.1) is 0 Å². The minimum atomic E-state index is 0. The normalized spacial score (nSPS) is 11.6. The molecule has 0 aromatic heterocycles. The van der Waals surface area contributed by atoms with Crippen LogP contribution in [0.4, 0.5) is 0 Å². The average Bonchev–Trinajstić information content (AvgIpc) is 1.81. The van der Waals surface area contributed by atoms with Gasteiger partial charge >= 0.3 is 0 Å². The van der Waals surface area contributed by atoms with Crippen molar-refractivity contribution in [3.8, 4) is 0 Å². The van der Waals surface area contributed by atoms with Crippen LogP contribution in [0.1, 0.15) is 19.3 Å². The fourth-order valence-electron chi connectivity index (χ4n) is 1.22. The third-order valence-electron chi connectivity index (χ3n) is 1.97. The number of halogens is 2. The van der Waals surface area contributed by atoms with Gasteiger partial charge in [0.05, 0.1) is 41.3 Å². The van der Waals surface area contributed by atoms with Crippen molar-refractivity contribution in [3.63, 3.8) is 0 Å². The van der Waals surface area contributed by atoms with Gasteiger partial charge in [-0.25, -0.2) is 0 Å². The van der Waals surface area contributed by atoms with Crippen molar-refractivity contribution in [1.82, 2.24) is 0 Å². The van der Waals surface area contributed by atoms with Gasteiger partial charge in [0.25, 0.3) is 0 Å². The van der Waals surface area contributed by atoms with E-state index in [9.17, 15) is 0 Å². The lowest BCUT2D eigenvalue weighted by Crippen LogP contribution is -3.00. The lowest BCUT2D eigenvalue weighted by atomic mass is 10.2. The zero-order valence-electron chi connectivity index (χ0n) is 10.3. The zero-order chi connectivity index (χ0) is 10.5. The molecule has 6 heteroatoms. The summed E-state index contributed by atoms with van der Waals surface area (Å²) in [5, 5.41) is 0. The first-order chi connectivity index (χ1) is 5.71. The summed E-state index contributed by atoms with van der Waals surface area (Å²) in [6, 6.07) is 0. The van der Waals surface area contributed by atoms with Gasteiger partial charge in [0.15, 0.2) is 0 Å². The molecule has 0 fully saturated rings. The molecule has 0 radical (unpaired) electrons. The van der Waals surface area contributed by atoms with E-state index in [1.54, 1.807) is 0 Å². The fraction of sp³-hybridized carbons (Fsp3) is 1.00. The lowest BCUT2D eigenvalue weighted by molar-refractivity contribution is -0.904. The first-order valence-corrected chi connectivity index (χ1v) is 4.94. The van der Waals surface area contributed by atoms with E-state index < -0.39 is 0 Å². The number of hydrogen-bond acceptors (Lipinski definition) is 2. The third kappa shape index (κ3) is 20.8. The molecular weight excluding hydrogens is 324 g/mol. The van der Waals surface area contributed by atoms with Crippen LogP contribution in [-0.4, -0.2) is 50.5 Å². The van der Waals surface area contributed by atoms with Crippen LogP contribution in [0.3, 0.4) is 0 Å². The lowest BCUT2D eigenvalue weighted by Gasteiger charge is -2.23. The van der Waals surface area contributed by atoms with Crippen molar-refractivity contribution in [1.29, 1.82) is 0 Å². The van der Waals surface area contributed by atoms with Gasteiger partial charge in [-0.2, -0.15) is 11.7 Å². The Labute approximate surface area is 115 Å². The quantitative estimate of drug-likeness (QED) is 0.217. The zero-order valence-corrected chi connectivity index (χ0v) is 13.5. The number of hydrogen-bond donors (Lipinski definition) is 2. The summed E-state index contributed by atoms with van der Waals surface area (Å²) in [7, 11) is 8.07. The van der Waals surface area contributed by atoms with E-state index >= 15 is 0 Å². The molecule has 0 amide bonds. The van der Waals surface area contributed by atoms with Gasteiger partial charge < -0.3 is 34.0 Å². The standard InChI is InChI=1S/C9H26N4.2BrH/c1-12(2,10)8-6-5-7-9-13(3,4)11;;/h5-11H2,1-4H3;2*1H/q+2;;/p-2. The van der Waals surface area contributed by atoms with Crippen molar-refractivity contribution in [2.24, 2.45) is 11.7 Å².